The summed E-state index contributed by atoms with van der Waals surface area (Å²) >= 11 is 1.85. The van der Waals surface area contributed by atoms with Crippen LogP contribution in [0.2, 0.25) is 0 Å². The molecule has 1 aliphatic heterocycles. The van der Waals surface area contributed by atoms with Crippen molar-refractivity contribution >= 4 is 17.9 Å². The number of nitrogens with one attached hydrogen (secondary N) is 1. The maximum Gasteiger partial charge on any atom is 0.410 e. The van der Waals surface area contributed by atoms with Crippen LogP contribution >= 0.6 is 11.8 Å². The molecule has 1 amide bonds. The summed E-state index contributed by atoms with van der Waals surface area (Å²) in [6.07, 6.45) is 5.15. The zero-order valence-electron chi connectivity index (χ0n) is 13.6. The highest BCUT2D eigenvalue weighted by atomic mass is 32.2. The van der Waals surface area contributed by atoms with Crippen molar-refractivity contribution in [2.24, 2.45) is 0 Å². The Morgan fingerprint density at radius 3 is 2.80 bits per heavy atom. The smallest absolute Gasteiger partial charge is 0.410 e. The molecule has 0 aromatic rings. The summed E-state index contributed by atoms with van der Waals surface area (Å²) in [5.74, 6) is 1.13. The van der Waals surface area contributed by atoms with Crippen LogP contribution in [-0.2, 0) is 4.74 Å². The van der Waals surface area contributed by atoms with Gasteiger partial charge in [0.05, 0.1) is 0 Å². The van der Waals surface area contributed by atoms with Crippen LogP contribution in [0.15, 0.2) is 0 Å². The first-order chi connectivity index (χ1) is 9.33. The third-order valence-corrected chi connectivity index (χ3v) is 4.04. The second kappa shape index (κ2) is 8.13. The Hall–Kier alpha value is -0.420. The number of rotatable bonds is 6. The molecule has 0 aromatic heterocycles. The number of likely N-dealkylation sites (tertiary alicyclic amines) is 1. The topological polar surface area (TPSA) is 41.6 Å². The van der Waals surface area contributed by atoms with Crippen molar-refractivity contribution in [3.63, 3.8) is 0 Å². The standard InChI is InChI=1S/C15H30N2O2S/c1-12(16-8-10-20-5)11-13-7-6-9-17(13)14(18)19-15(2,3)4/h12-13,16H,6-11H2,1-5H3. The molecule has 0 saturated carbocycles. The number of carbonyl (C=O) groups is 1. The fraction of sp³-hybridized carbons (Fsp3) is 0.933. The van der Waals surface area contributed by atoms with Gasteiger partial charge in [0, 0.05) is 30.9 Å². The number of nitrogens with zero attached hydrogens (tertiary/aromatic N) is 1. The second-order valence-corrected chi connectivity index (χ2v) is 7.54. The van der Waals surface area contributed by atoms with Crippen LogP contribution in [0.25, 0.3) is 0 Å². The van der Waals surface area contributed by atoms with E-state index in [1.165, 1.54) is 0 Å². The average molecular weight is 302 g/mol. The lowest BCUT2D eigenvalue weighted by atomic mass is 10.1. The van der Waals surface area contributed by atoms with E-state index in [9.17, 15) is 4.79 Å². The molecule has 2 atom stereocenters. The van der Waals surface area contributed by atoms with Gasteiger partial charge in [-0.2, -0.15) is 11.8 Å². The number of thioether (sulfide) groups is 1. The van der Waals surface area contributed by atoms with Crippen LogP contribution < -0.4 is 5.32 Å². The molecular weight excluding hydrogens is 272 g/mol. The Kier molecular flexibility index (Phi) is 7.17. The van der Waals surface area contributed by atoms with E-state index in [0.717, 1.165) is 38.1 Å². The Bertz CT molecular complexity index is 305. The highest BCUT2D eigenvalue weighted by Crippen LogP contribution is 2.24. The maximum absolute atomic E-state index is 12.2. The number of carbonyl (C=O) groups excluding carboxylic acids is 1. The van der Waals surface area contributed by atoms with Crippen molar-refractivity contribution in [1.82, 2.24) is 10.2 Å². The SMILES string of the molecule is CSCCNC(C)CC1CCCN1C(=O)OC(C)(C)C. The largest absolute Gasteiger partial charge is 0.444 e. The number of amides is 1. The predicted octanol–water partition coefficient (Wildman–Crippen LogP) is 3.12. The van der Waals surface area contributed by atoms with Gasteiger partial charge in [-0.15, -0.1) is 0 Å². The highest BCUT2D eigenvalue weighted by Gasteiger charge is 2.32. The molecule has 0 radical (unpaired) electrons. The van der Waals surface area contributed by atoms with Gasteiger partial charge in [-0.25, -0.2) is 4.79 Å². The van der Waals surface area contributed by atoms with Gasteiger partial charge < -0.3 is 15.0 Å². The molecule has 20 heavy (non-hydrogen) atoms. The first-order valence-electron chi connectivity index (χ1n) is 7.55. The van der Waals surface area contributed by atoms with Crippen LogP contribution in [0.1, 0.15) is 47.0 Å². The van der Waals surface area contributed by atoms with Crippen molar-refractivity contribution in [3.05, 3.63) is 0 Å². The van der Waals surface area contributed by atoms with Crippen molar-refractivity contribution in [3.8, 4) is 0 Å². The van der Waals surface area contributed by atoms with Gasteiger partial charge in [-0.1, -0.05) is 0 Å². The number of hydrogen-bond acceptors (Lipinski definition) is 4. The normalized spacial score (nSPS) is 21.1. The van der Waals surface area contributed by atoms with E-state index in [1.54, 1.807) is 0 Å². The third-order valence-electron chi connectivity index (χ3n) is 3.43. The van der Waals surface area contributed by atoms with Crippen LogP contribution in [0.5, 0.6) is 0 Å². The summed E-state index contributed by atoms with van der Waals surface area (Å²) in [5, 5.41) is 3.52. The molecule has 0 aliphatic carbocycles. The Morgan fingerprint density at radius 1 is 1.50 bits per heavy atom. The molecule has 1 fully saturated rings. The first kappa shape index (κ1) is 17.6. The van der Waals surface area contributed by atoms with Gasteiger partial charge in [-0.3, -0.25) is 0 Å². The van der Waals surface area contributed by atoms with Crippen LogP contribution in [0.3, 0.4) is 0 Å². The van der Waals surface area contributed by atoms with Gasteiger partial charge >= 0.3 is 6.09 Å². The lowest BCUT2D eigenvalue weighted by Crippen LogP contribution is -2.42. The molecule has 1 saturated heterocycles. The lowest BCUT2D eigenvalue weighted by molar-refractivity contribution is 0.0215. The Labute approximate surface area is 128 Å². The van der Waals surface area contributed by atoms with Crippen molar-refractivity contribution in [2.75, 3.05) is 25.1 Å². The fourth-order valence-electron chi connectivity index (χ4n) is 2.54. The molecule has 1 rings (SSSR count). The van der Waals surface area contributed by atoms with Crippen molar-refractivity contribution < 1.29 is 9.53 Å². The summed E-state index contributed by atoms with van der Waals surface area (Å²) in [7, 11) is 0. The predicted molar refractivity (Wildman–Crippen MR) is 86.4 cm³/mol. The Morgan fingerprint density at radius 2 is 2.20 bits per heavy atom. The zero-order chi connectivity index (χ0) is 15.2. The van der Waals surface area contributed by atoms with E-state index in [2.05, 4.69) is 18.5 Å². The minimum atomic E-state index is -0.410. The van der Waals surface area contributed by atoms with Gasteiger partial charge in [-0.05, 0) is 53.2 Å². The molecule has 4 nitrogen and oxygen atoms in total. The van der Waals surface area contributed by atoms with E-state index < -0.39 is 5.60 Å². The quantitative estimate of drug-likeness (QED) is 0.766. The first-order valence-corrected chi connectivity index (χ1v) is 8.95. The summed E-state index contributed by atoms with van der Waals surface area (Å²) in [5.41, 5.74) is -0.410. The molecular formula is C15H30N2O2S. The van der Waals surface area contributed by atoms with E-state index in [4.69, 9.17) is 4.74 Å². The summed E-state index contributed by atoms with van der Waals surface area (Å²) in [6.45, 7) is 9.82. The number of ether oxygens (including phenoxy) is 1. The van der Waals surface area contributed by atoms with E-state index >= 15 is 0 Å². The molecule has 0 aromatic carbocycles. The second-order valence-electron chi connectivity index (χ2n) is 6.55. The summed E-state index contributed by atoms with van der Waals surface area (Å²) in [4.78, 5) is 14.1. The van der Waals surface area contributed by atoms with Gasteiger partial charge in [0.15, 0.2) is 0 Å². The molecule has 118 valence electrons. The molecule has 1 heterocycles. The minimum absolute atomic E-state index is 0.156. The van der Waals surface area contributed by atoms with Gasteiger partial charge in [0.2, 0.25) is 0 Å². The molecule has 5 heteroatoms. The molecule has 1 N–H and O–H groups in total. The van der Waals surface area contributed by atoms with Gasteiger partial charge in [0.25, 0.3) is 0 Å². The van der Waals surface area contributed by atoms with Crippen LogP contribution in [-0.4, -0.2) is 53.8 Å². The highest BCUT2D eigenvalue weighted by molar-refractivity contribution is 7.98. The zero-order valence-corrected chi connectivity index (χ0v) is 14.4. The van der Waals surface area contributed by atoms with Crippen molar-refractivity contribution in [2.45, 2.75) is 64.6 Å². The van der Waals surface area contributed by atoms with E-state index in [1.807, 2.05) is 37.4 Å². The third kappa shape index (κ3) is 6.35. The van der Waals surface area contributed by atoms with Crippen LogP contribution in [0, 0.1) is 0 Å². The summed E-state index contributed by atoms with van der Waals surface area (Å²) in [6, 6.07) is 0.761. The van der Waals surface area contributed by atoms with E-state index in [-0.39, 0.29) is 6.09 Å². The summed E-state index contributed by atoms with van der Waals surface area (Å²) < 4.78 is 5.50. The molecule has 1 aliphatic rings. The molecule has 0 spiro atoms. The number of hydrogen-bond donors (Lipinski definition) is 1. The van der Waals surface area contributed by atoms with Gasteiger partial charge in [0.1, 0.15) is 5.60 Å². The Balaban J connectivity index is 2.42. The van der Waals surface area contributed by atoms with Crippen LogP contribution in [0.4, 0.5) is 4.79 Å². The lowest BCUT2D eigenvalue weighted by Gasteiger charge is -2.30. The maximum atomic E-state index is 12.2. The minimum Gasteiger partial charge on any atom is -0.444 e. The molecule has 2 unspecified atom stereocenters. The fourth-order valence-corrected chi connectivity index (χ4v) is 2.86. The molecule has 0 bridgehead atoms. The average Bonchev–Trinajstić information content (AvgIpc) is 2.75. The van der Waals surface area contributed by atoms with Crippen molar-refractivity contribution in [1.29, 1.82) is 0 Å². The van der Waals surface area contributed by atoms with E-state index in [0.29, 0.717) is 12.1 Å². The monoisotopic (exact) mass is 302 g/mol.